The van der Waals surface area contributed by atoms with Crippen LogP contribution in [0.15, 0.2) is 24.4 Å². The first-order valence-corrected chi connectivity index (χ1v) is 6.20. The van der Waals surface area contributed by atoms with Crippen molar-refractivity contribution in [3.63, 3.8) is 0 Å². The highest BCUT2D eigenvalue weighted by atomic mass is 35.5. The predicted octanol–water partition coefficient (Wildman–Crippen LogP) is 1.71. The van der Waals surface area contributed by atoms with Crippen molar-refractivity contribution in [2.75, 3.05) is 6.54 Å². The van der Waals surface area contributed by atoms with Gasteiger partial charge in [-0.1, -0.05) is 12.5 Å². The molecule has 1 aromatic rings. The van der Waals surface area contributed by atoms with Crippen LogP contribution in [0.2, 0.25) is 0 Å². The van der Waals surface area contributed by atoms with Crippen LogP contribution < -0.4 is 11.1 Å². The number of halogens is 2. The molecule has 2 atom stereocenters. The second-order valence-electron chi connectivity index (χ2n) is 4.56. The molecule has 3 N–H and O–H groups in total. The summed E-state index contributed by atoms with van der Waals surface area (Å²) in [5.41, 5.74) is 6.89. The van der Waals surface area contributed by atoms with Crippen LogP contribution in [-0.2, 0) is 11.2 Å². The van der Waals surface area contributed by atoms with E-state index in [-0.39, 0.29) is 42.7 Å². The van der Waals surface area contributed by atoms with E-state index < -0.39 is 0 Å². The number of aromatic nitrogens is 1. The summed E-state index contributed by atoms with van der Waals surface area (Å²) < 4.78 is 0. The van der Waals surface area contributed by atoms with Crippen LogP contribution in [0.3, 0.4) is 0 Å². The van der Waals surface area contributed by atoms with Gasteiger partial charge in [0, 0.05) is 30.9 Å². The molecule has 4 nitrogen and oxygen atoms in total. The average Bonchev–Trinajstić information content (AvgIpc) is 2.77. The summed E-state index contributed by atoms with van der Waals surface area (Å²) in [6, 6.07) is 5.86. The maximum absolute atomic E-state index is 11.8. The molecule has 0 saturated heterocycles. The first kappa shape index (κ1) is 18.2. The lowest BCUT2D eigenvalue weighted by Crippen LogP contribution is -2.39. The second kappa shape index (κ2) is 9.13. The summed E-state index contributed by atoms with van der Waals surface area (Å²) >= 11 is 0. The molecule has 0 bridgehead atoms. The molecule has 6 heteroatoms. The molecular formula is C13H21Cl2N3O. The largest absolute Gasteiger partial charge is 0.355 e. The van der Waals surface area contributed by atoms with E-state index in [9.17, 15) is 4.79 Å². The standard InChI is InChI=1S/C13H19N3O.2ClH/c14-12-6-3-5-11(12)13(17)16-9-7-10-4-1-2-8-15-10;;/h1-2,4,8,11-12H,3,5-7,9,14H2,(H,16,17);2*1H. The van der Waals surface area contributed by atoms with Crippen molar-refractivity contribution in [2.24, 2.45) is 11.7 Å². The van der Waals surface area contributed by atoms with E-state index in [4.69, 9.17) is 5.73 Å². The van der Waals surface area contributed by atoms with Crippen LogP contribution in [0.5, 0.6) is 0 Å². The molecule has 108 valence electrons. The Balaban J connectivity index is 0.00000162. The van der Waals surface area contributed by atoms with E-state index in [1.54, 1.807) is 6.20 Å². The topological polar surface area (TPSA) is 68.0 Å². The first-order chi connectivity index (χ1) is 8.27. The van der Waals surface area contributed by atoms with Gasteiger partial charge in [-0.3, -0.25) is 9.78 Å². The number of hydrogen-bond acceptors (Lipinski definition) is 3. The van der Waals surface area contributed by atoms with Gasteiger partial charge < -0.3 is 11.1 Å². The minimum atomic E-state index is 0. The van der Waals surface area contributed by atoms with E-state index in [2.05, 4.69) is 10.3 Å². The van der Waals surface area contributed by atoms with Crippen LogP contribution in [0.4, 0.5) is 0 Å². The van der Waals surface area contributed by atoms with Crippen LogP contribution in [0, 0.1) is 5.92 Å². The zero-order valence-corrected chi connectivity index (χ0v) is 12.4. The van der Waals surface area contributed by atoms with Crippen molar-refractivity contribution in [3.05, 3.63) is 30.1 Å². The minimum absolute atomic E-state index is 0. The van der Waals surface area contributed by atoms with E-state index in [1.807, 2.05) is 18.2 Å². The Labute approximate surface area is 126 Å². The number of nitrogens with one attached hydrogen (secondary N) is 1. The summed E-state index contributed by atoms with van der Waals surface area (Å²) in [5.74, 6) is 0.115. The van der Waals surface area contributed by atoms with Crippen molar-refractivity contribution in [2.45, 2.75) is 31.7 Å². The molecule has 0 aliphatic heterocycles. The van der Waals surface area contributed by atoms with E-state index in [1.165, 1.54) is 0 Å². The quantitative estimate of drug-likeness (QED) is 0.890. The van der Waals surface area contributed by atoms with Crippen molar-refractivity contribution < 1.29 is 4.79 Å². The Hall–Kier alpha value is -0.840. The van der Waals surface area contributed by atoms with Crippen molar-refractivity contribution in [1.82, 2.24) is 10.3 Å². The minimum Gasteiger partial charge on any atom is -0.355 e. The Morgan fingerprint density at radius 2 is 2.16 bits per heavy atom. The number of rotatable bonds is 4. The summed E-state index contributed by atoms with van der Waals surface area (Å²) in [6.45, 7) is 0.638. The van der Waals surface area contributed by atoms with Gasteiger partial charge in [0.05, 0.1) is 5.92 Å². The third-order valence-corrected chi connectivity index (χ3v) is 3.31. The smallest absolute Gasteiger partial charge is 0.224 e. The highest BCUT2D eigenvalue weighted by molar-refractivity contribution is 5.85. The lowest BCUT2D eigenvalue weighted by molar-refractivity contribution is -0.125. The van der Waals surface area contributed by atoms with Gasteiger partial charge in [-0.15, -0.1) is 24.8 Å². The van der Waals surface area contributed by atoms with Gasteiger partial charge >= 0.3 is 0 Å². The number of carbonyl (C=O) groups excluding carboxylic acids is 1. The Kier molecular flexibility index (Phi) is 8.72. The monoisotopic (exact) mass is 305 g/mol. The van der Waals surface area contributed by atoms with Gasteiger partial charge in [0.1, 0.15) is 0 Å². The van der Waals surface area contributed by atoms with E-state index in [0.717, 1.165) is 31.4 Å². The van der Waals surface area contributed by atoms with E-state index in [0.29, 0.717) is 6.54 Å². The predicted molar refractivity (Wildman–Crippen MR) is 80.8 cm³/mol. The summed E-state index contributed by atoms with van der Waals surface area (Å²) in [4.78, 5) is 16.0. The molecular weight excluding hydrogens is 285 g/mol. The van der Waals surface area contributed by atoms with Crippen LogP contribution in [0.1, 0.15) is 25.0 Å². The number of pyridine rings is 1. The normalized spacial score (nSPS) is 21.1. The van der Waals surface area contributed by atoms with E-state index >= 15 is 0 Å². The van der Waals surface area contributed by atoms with Crippen molar-refractivity contribution >= 4 is 30.7 Å². The van der Waals surface area contributed by atoms with Gasteiger partial charge in [0.15, 0.2) is 0 Å². The molecule has 1 fully saturated rings. The third-order valence-electron chi connectivity index (χ3n) is 3.31. The number of nitrogens with zero attached hydrogens (tertiary/aromatic N) is 1. The highest BCUT2D eigenvalue weighted by Gasteiger charge is 2.29. The lowest BCUT2D eigenvalue weighted by atomic mass is 10.0. The van der Waals surface area contributed by atoms with Crippen LogP contribution in [0.25, 0.3) is 0 Å². The third kappa shape index (κ3) is 5.35. The number of amides is 1. The highest BCUT2D eigenvalue weighted by Crippen LogP contribution is 2.23. The first-order valence-electron chi connectivity index (χ1n) is 6.20. The Morgan fingerprint density at radius 1 is 1.37 bits per heavy atom. The van der Waals surface area contributed by atoms with Crippen LogP contribution >= 0.6 is 24.8 Å². The molecule has 1 aromatic heterocycles. The van der Waals surface area contributed by atoms with Gasteiger partial charge in [-0.2, -0.15) is 0 Å². The molecule has 2 rings (SSSR count). The molecule has 1 amide bonds. The zero-order valence-electron chi connectivity index (χ0n) is 10.7. The maximum atomic E-state index is 11.8. The molecule has 0 spiro atoms. The van der Waals surface area contributed by atoms with Crippen molar-refractivity contribution in [1.29, 1.82) is 0 Å². The summed E-state index contributed by atoms with van der Waals surface area (Å²) in [6.07, 6.45) is 5.51. The number of nitrogens with two attached hydrogens (primary N) is 1. The molecule has 1 saturated carbocycles. The molecule has 1 aliphatic carbocycles. The van der Waals surface area contributed by atoms with Gasteiger partial charge in [0.2, 0.25) is 5.91 Å². The average molecular weight is 306 g/mol. The molecule has 1 aliphatic rings. The van der Waals surface area contributed by atoms with Gasteiger partial charge in [-0.25, -0.2) is 0 Å². The van der Waals surface area contributed by atoms with Gasteiger partial charge in [0.25, 0.3) is 0 Å². The molecule has 19 heavy (non-hydrogen) atoms. The van der Waals surface area contributed by atoms with Crippen molar-refractivity contribution in [3.8, 4) is 0 Å². The summed E-state index contributed by atoms with van der Waals surface area (Å²) in [5, 5.41) is 2.94. The zero-order chi connectivity index (χ0) is 12.1. The molecule has 0 aromatic carbocycles. The molecule has 2 unspecified atom stereocenters. The lowest BCUT2D eigenvalue weighted by Gasteiger charge is -2.14. The second-order valence-corrected chi connectivity index (χ2v) is 4.56. The fraction of sp³-hybridized carbons (Fsp3) is 0.538. The molecule has 0 radical (unpaired) electrons. The Morgan fingerprint density at radius 3 is 2.74 bits per heavy atom. The van der Waals surface area contributed by atoms with Crippen LogP contribution in [-0.4, -0.2) is 23.5 Å². The maximum Gasteiger partial charge on any atom is 0.224 e. The number of carbonyl (C=O) groups is 1. The molecule has 1 heterocycles. The Bertz CT molecular complexity index is 375. The number of hydrogen-bond donors (Lipinski definition) is 2. The fourth-order valence-electron chi connectivity index (χ4n) is 2.31. The fourth-order valence-corrected chi connectivity index (χ4v) is 2.31. The van der Waals surface area contributed by atoms with Gasteiger partial charge in [-0.05, 0) is 25.0 Å². The summed E-state index contributed by atoms with van der Waals surface area (Å²) in [7, 11) is 0. The SMILES string of the molecule is Cl.Cl.NC1CCCC1C(=O)NCCc1ccccn1.